The Kier molecular flexibility index (Phi) is 6.16. The van der Waals surface area contributed by atoms with Gasteiger partial charge in [0.05, 0.1) is 37.0 Å². The Morgan fingerprint density at radius 1 is 1.14 bits per heavy atom. The largest absolute Gasteiger partial charge is 0.402 e. The van der Waals surface area contributed by atoms with Gasteiger partial charge in [0, 0.05) is 59.4 Å². The number of hydrogen-bond donors (Lipinski definition) is 1. The molecule has 1 saturated heterocycles. The van der Waals surface area contributed by atoms with Crippen LogP contribution in [0.4, 0.5) is 13.2 Å². The quantitative estimate of drug-likeness (QED) is 0.494. The first-order valence-electron chi connectivity index (χ1n) is 11.9. The molecule has 11 heteroatoms. The Balaban J connectivity index is 1.57. The van der Waals surface area contributed by atoms with E-state index in [1.54, 1.807) is 23.8 Å². The van der Waals surface area contributed by atoms with E-state index in [0.717, 1.165) is 0 Å². The third kappa shape index (κ3) is 4.41. The standard InChI is InChI=1S/C25H28F3N5O3/c1-15(29)21(16(2)34)17-9-20-22(30-10-17)19(18-11-31-33(12-18)23(26)27)13-32(20)14-24(28)3-5-25(6-4-24)35-7-8-36-25/h9-13,23H,3-8,14,29H2,1-2H3. The molecule has 192 valence electrons. The van der Waals surface area contributed by atoms with Crippen LogP contribution >= 0.6 is 0 Å². The number of ketones is 1. The highest BCUT2D eigenvalue weighted by atomic mass is 19.3. The summed E-state index contributed by atoms with van der Waals surface area (Å²) in [5.74, 6) is -0.915. The van der Waals surface area contributed by atoms with Crippen LogP contribution in [0.1, 0.15) is 51.6 Å². The van der Waals surface area contributed by atoms with Gasteiger partial charge in [0.15, 0.2) is 11.6 Å². The average molecular weight is 504 g/mol. The van der Waals surface area contributed by atoms with Crippen molar-refractivity contribution in [1.29, 1.82) is 0 Å². The second-order valence-corrected chi connectivity index (χ2v) is 9.62. The normalized spacial score (nSPS) is 19.8. The molecule has 2 N–H and O–H groups in total. The summed E-state index contributed by atoms with van der Waals surface area (Å²) in [5, 5.41) is 3.73. The summed E-state index contributed by atoms with van der Waals surface area (Å²) in [6.07, 6.45) is 7.18. The lowest BCUT2D eigenvalue weighted by Crippen LogP contribution is -2.43. The van der Waals surface area contributed by atoms with Crippen molar-refractivity contribution in [3.8, 4) is 11.1 Å². The second-order valence-electron chi connectivity index (χ2n) is 9.62. The van der Waals surface area contributed by atoms with Gasteiger partial charge in [-0.1, -0.05) is 0 Å². The third-order valence-electron chi connectivity index (χ3n) is 7.04. The van der Waals surface area contributed by atoms with E-state index in [1.165, 1.54) is 25.5 Å². The molecule has 0 aromatic carbocycles. The maximum atomic E-state index is 16.1. The molecule has 0 radical (unpaired) electrons. The molecule has 3 aromatic rings. The van der Waals surface area contributed by atoms with Crippen LogP contribution in [0, 0.1) is 0 Å². The lowest BCUT2D eigenvalue weighted by atomic mass is 9.82. The van der Waals surface area contributed by atoms with Gasteiger partial charge in [0.2, 0.25) is 0 Å². The van der Waals surface area contributed by atoms with Crippen molar-refractivity contribution in [2.24, 2.45) is 5.73 Å². The van der Waals surface area contributed by atoms with Crippen LogP contribution in [0.2, 0.25) is 0 Å². The summed E-state index contributed by atoms with van der Waals surface area (Å²) in [6.45, 7) is 1.31. The van der Waals surface area contributed by atoms with Crippen LogP contribution < -0.4 is 5.73 Å². The molecule has 0 atom stereocenters. The van der Waals surface area contributed by atoms with E-state index in [4.69, 9.17) is 15.2 Å². The lowest BCUT2D eigenvalue weighted by Gasteiger charge is -2.39. The molecule has 0 unspecified atom stereocenters. The van der Waals surface area contributed by atoms with Gasteiger partial charge in [-0.05, 0) is 32.8 Å². The van der Waals surface area contributed by atoms with Crippen molar-refractivity contribution in [1.82, 2.24) is 19.3 Å². The van der Waals surface area contributed by atoms with Crippen molar-refractivity contribution in [3.63, 3.8) is 0 Å². The van der Waals surface area contributed by atoms with Crippen LogP contribution in [0.3, 0.4) is 0 Å². The molecule has 8 nitrogen and oxygen atoms in total. The summed E-state index contributed by atoms with van der Waals surface area (Å²) in [4.78, 5) is 16.8. The van der Waals surface area contributed by atoms with Gasteiger partial charge in [-0.25, -0.2) is 9.07 Å². The van der Waals surface area contributed by atoms with Gasteiger partial charge in [-0.3, -0.25) is 9.78 Å². The molecule has 1 aliphatic heterocycles. The fraction of sp³-hybridized carbons (Fsp3) is 0.480. The maximum absolute atomic E-state index is 16.1. The molecule has 1 saturated carbocycles. The Bertz CT molecular complexity index is 1330. The highest BCUT2D eigenvalue weighted by molar-refractivity contribution is 6.20. The van der Waals surface area contributed by atoms with Crippen molar-refractivity contribution >= 4 is 22.4 Å². The van der Waals surface area contributed by atoms with Gasteiger partial charge in [-0.2, -0.15) is 13.9 Å². The van der Waals surface area contributed by atoms with Crippen LogP contribution in [0.5, 0.6) is 0 Å². The van der Waals surface area contributed by atoms with Crippen LogP contribution in [-0.2, 0) is 20.8 Å². The van der Waals surface area contributed by atoms with E-state index in [9.17, 15) is 13.6 Å². The zero-order chi connectivity index (χ0) is 25.7. The molecule has 0 amide bonds. The van der Waals surface area contributed by atoms with Gasteiger partial charge >= 0.3 is 6.55 Å². The Morgan fingerprint density at radius 2 is 1.83 bits per heavy atom. The average Bonchev–Trinajstić information content (AvgIpc) is 3.55. The number of fused-ring (bicyclic) bond motifs is 1. The summed E-state index contributed by atoms with van der Waals surface area (Å²) in [6, 6.07) is 1.74. The lowest BCUT2D eigenvalue weighted by molar-refractivity contribution is -0.194. The number of carbonyl (C=O) groups is 1. The zero-order valence-corrected chi connectivity index (χ0v) is 20.1. The van der Waals surface area contributed by atoms with Crippen molar-refractivity contribution in [3.05, 3.63) is 42.1 Å². The number of carbonyl (C=O) groups excluding carboxylic acids is 1. The summed E-state index contributed by atoms with van der Waals surface area (Å²) in [5.41, 5.74) is 7.64. The highest BCUT2D eigenvalue weighted by Gasteiger charge is 2.47. The van der Waals surface area contributed by atoms with E-state index < -0.39 is 18.0 Å². The Hall–Kier alpha value is -3.18. The predicted octanol–water partition coefficient (Wildman–Crippen LogP) is 4.60. The molecular formula is C25H28F3N5O3. The maximum Gasteiger partial charge on any atom is 0.333 e. The smallest absolute Gasteiger partial charge is 0.333 e. The van der Waals surface area contributed by atoms with Gasteiger partial charge in [0.1, 0.15) is 5.67 Å². The summed E-state index contributed by atoms with van der Waals surface area (Å²) in [7, 11) is 0. The first kappa shape index (κ1) is 24.5. The highest BCUT2D eigenvalue weighted by Crippen LogP contribution is 2.44. The molecule has 36 heavy (non-hydrogen) atoms. The molecule has 2 fully saturated rings. The van der Waals surface area contributed by atoms with Crippen molar-refractivity contribution < 1.29 is 27.4 Å². The molecular weight excluding hydrogens is 475 g/mol. The minimum atomic E-state index is -2.79. The van der Waals surface area contributed by atoms with Gasteiger partial charge in [-0.15, -0.1) is 0 Å². The Labute approximate surface area is 205 Å². The molecule has 0 bridgehead atoms. The first-order valence-corrected chi connectivity index (χ1v) is 11.9. The second kappa shape index (κ2) is 9.04. The third-order valence-corrected chi connectivity index (χ3v) is 7.04. The van der Waals surface area contributed by atoms with Crippen molar-refractivity contribution in [2.75, 3.05) is 13.2 Å². The SMILES string of the molecule is CC(=O)C(=C(C)N)c1cnc2c(-c3cnn(C(F)F)c3)cn(CC3(F)CCC4(CC3)OCCO4)c2c1. The number of hydrogen-bond acceptors (Lipinski definition) is 6. The van der Waals surface area contributed by atoms with E-state index >= 15 is 4.39 Å². The fourth-order valence-electron chi connectivity index (χ4n) is 5.27. The van der Waals surface area contributed by atoms with E-state index in [-0.39, 0.29) is 25.2 Å². The van der Waals surface area contributed by atoms with Crippen LogP contribution in [0.15, 0.2) is 36.6 Å². The minimum absolute atomic E-state index is 0.0222. The van der Waals surface area contributed by atoms with Crippen LogP contribution in [-0.4, -0.2) is 49.8 Å². The molecule has 5 rings (SSSR count). The first-order chi connectivity index (χ1) is 17.1. The molecule has 1 spiro atoms. The number of nitrogens with two attached hydrogens (primary N) is 1. The van der Waals surface area contributed by atoms with E-state index in [2.05, 4.69) is 10.1 Å². The Morgan fingerprint density at radius 3 is 2.42 bits per heavy atom. The van der Waals surface area contributed by atoms with E-state index in [0.29, 0.717) is 69.7 Å². The van der Waals surface area contributed by atoms with Crippen LogP contribution in [0.25, 0.3) is 27.7 Å². The van der Waals surface area contributed by atoms with Crippen molar-refractivity contribution in [2.45, 2.75) is 64.1 Å². The zero-order valence-electron chi connectivity index (χ0n) is 20.1. The number of pyridine rings is 1. The number of nitrogens with zero attached hydrogens (tertiary/aromatic N) is 4. The number of aromatic nitrogens is 4. The summed E-state index contributed by atoms with van der Waals surface area (Å²) < 4.78 is 56.2. The monoisotopic (exact) mass is 503 g/mol. The predicted molar refractivity (Wildman–Crippen MR) is 127 cm³/mol. The number of ether oxygens (including phenoxy) is 2. The molecule has 2 aliphatic rings. The number of alkyl halides is 3. The van der Waals surface area contributed by atoms with Gasteiger partial charge in [0.25, 0.3) is 0 Å². The van der Waals surface area contributed by atoms with Gasteiger partial charge < -0.3 is 19.8 Å². The summed E-state index contributed by atoms with van der Waals surface area (Å²) >= 11 is 0. The molecule has 3 aromatic heterocycles. The number of allylic oxidation sites excluding steroid dienone is 2. The topological polar surface area (TPSA) is 97.2 Å². The number of rotatable bonds is 6. The molecule has 4 heterocycles. The number of halogens is 3. The minimum Gasteiger partial charge on any atom is -0.402 e. The fourth-order valence-corrected chi connectivity index (χ4v) is 5.27. The molecule has 1 aliphatic carbocycles. The number of Topliss-reactive ketones (excluding diaryl/α,β-unsaturated/α-hetero) is 1. The van der Waals surface area contributed by atoms with E-state index in [1.807, 2.05) is 0 Å².